The fourth-order valence-electron chi connectivity index (χ4n) is 3.31. The number of rotatable bonds is 3. The molecule has 1 aliphatic heterocycles. The van der Waals surface area contributed by atoms with Gasteiger partial charge in [-0.3, -0.25) is 9.69 Å². The zero-order valence-electron chi connectivity index (χ0n) is 9.56. The SMILES string of the molecule is C#CCCN1C(C(=O)O)CC2CCCCC21. The Kier molecular flexibility index (Phi) is 3.50. The van der Waals surface area contributed by atoms with Crippen molar-refractivity contribution in [3.8, 4) is 12.3 Å². The van der Waals surface area contributed by atoms with E-state index in [-0.39, 0.29) is 6.04 Å². The van der Waals surface area contributed by atoms with E-state index in [1.165, 1.54) is 19.3 Å². The summed E-state index contributed by atoms with van der Waals surface area (Å²) >= 11 is 0. The third-order valence-corrected chi connectivity index (χ3v) is 4.02. The summed E-state index contributed by atoms with van der Waals surface area (Å²) in [7, 11) is 0. The van der Waals surface area contributed by atoms with Crippen molar-refractivity contribution in [1.29, 1.82) is 0 Å². The van der Waals surface area contributed by atoms with Crippen molar-refractivity contribution < 1.29 is 9.90 Å². The monoisotopic (exact) mass is 221 g/mol. The Bertz CT molecular complexity index is 308. The standard InChI is InChI=1S/C13H19NO2/c1-2-3-8-14-11-7-5-4-6-10(11)9-12(14)13(15)16/h1,10-12H,3-9H2,(H,15,16). The molecule has 1 saturated carbocycles. The molecule has 1 aliphatic carbocycles. The fourth-order valence-corrected chi connectivity index (χ4v) is 3.31. The van der Waals surface area contributed by atoms with Gasteiger partial charge in [0.15, 0.2) is 0 Å². The number of hydrogen-bond donors (Lipinski definition) is 1. The normalized spacial score (nSPS) is 34.3. The summed E-state index contributed by atoms with van der Waals surface area (Å²) in [4.78, 5) is 13.4. The maximum absolute atomic E-state index is 11.2. The third-order valence-electron chi connectivity index (χ3n) is 4.02. The Hall–Kier alpha value is -1.01. The minimum atomic E-state index is -0.675. The molecule has 3 heteroatoms. The Balaban J connectivity index is 2.08. The number of aliphatic carboxylic acids is 1. The summed E-state index contributed by atoms with van der Waals surface area (Å²) in [6, 6.07) is 0.185. The molecule has 3 atom stereocenters. The number of likely N-dealkylation sites (tertiary alicyclic amines) is 1. The van der Waals surface area contributed by atoms with Crippen molar-refractivity contribution in [2.45, 2.75) is 50.6 Å². The van der Waals surface area contributed by atoms with Crippen LogP contribution in [0.1, 0.15) is 38.5 Å². The number of nitrogens with zero attached hydrogens (tertiary/aromatic N) is 1. The van der Waals surface area contributed by atoms with Crippen molar-refractivity contribution in [1.82, 2.24) is 4.90 Å². The fraction of sp³-hybridized carbons (Fsp3) is 0.769. The Labute approximate surface area is 96.8 Å². The molecule has 0 aromatic carbocycles. The number of terminal acetylenes is 1. The highest BCUT2D eigenvalue weighted by Gasteiger charge is 2.44. The molecule has 2 aliphatic rings. The Morgan fingerprint density at radius 2 is 2.19 bits per heavy atom. The average molecular weight is 221 g/mol. The molecule has 16 heavy (non-hydrogen) atoms. The predicted molar refractivity (Wildman–Crippen MR) is 61.9 cm³/mol. The van der Waals surface area contributed by atoms with Crippen LogP contribution in [0.15, 0.2) is 0 Å². The maximum Gasteiger partial charge on any atom is 0.320 e. The van der Waals surface area contributed by atoms with Crippen LogP contribution >= 0.6 is 0 Å². The lowest BCUT2D eigenvalue weighted by Crippen LogP contribution is -2.42. The van der Waals surface area contributed by atoms with Crippen molar-refractivity contribution >= 4 is 5.97 Å². The first-order valence-corrected chi connectivity index (χ1v) is 6.16. The lowest BCUT2D eigenvalue weighted by Gasteiger charge is -2.32. The lowest BCUT2D eigenvalue weighted by molar-refractivity contribution is -0.142. The minimum absolute atomic E-state index is 0.290. The second-order valence-electron chi connectivity index (χ2n) is 4.89. The van der Waals surface area contributed by atoms with Crippen molar-refractivity contribution in [3.63, 3.8) is 0 Å². The summed E-state index contributed by atoms with van der Waals surface area (Å²) in [5, 5.41) is 9.24. The van der Waals surface area contributed by atoms with E-state index in [4.69, 9.17) is 6.42 Å². The van der Waals surface area contributed by atoms with Crippen LogP contribution in [0.25, 0.3) is 0 Å². The summed E-state index contributed by atoms with van der Waals surface area (Å²) in [6.07, 6.45) is 11.6. The molecular weight excluding hydrogens is 202 g/mol. The number of carboxylic acids is 1. The predicted octanol–water partition coefficient (Wildman–Crippen LogP) is 1.73. The highest BCUT2D eigenvalue weighted by molar-refractivity contribution is 5.74. The number of carboxylic acid groups (broad SMARTS) is 1. The maximum atomic E-state index is 11.2. The average Bonchev–Trinajstić information content (AvgIpc) is 2.65. The van der Waals surface area contributed by atoms with Crippen LogP contribution in [-0.2, 0) is 4.79 Å². The van der Waals surface area contributed by atoms with Crippen molar-refractivity contribution in [3.05, 3.63) is 0 Å². The molecule has 1 heterocycles. The van der Waals surface area contributed by atoms with Gasteiger partial charge in [0, 0.05) is 19.0 Å². The first-order valence-electron chi connectivity index (χ1n) is 6.16. The van der Waals surface area contributed by atoms with E-state index in [1.807, 2.05) is 0 Å². The lowest BCUT2D eigenvalue weighted by atomic mass is 9.85. The quantitative estimate of drug-likeness (QED) is 0.738. The molecular formula is C13H19NO2. The van der Waals surface area contributed by atoms with Crippen LogP contribution in [-0.4, -0.2) is 34.6 Å². The molecule has 0 amide bonds. The van der Waals surface area contributed by atoms with Gasteiger partial charge in [-0.05, 0) is 25.2 Å². The molecule has 0 aromatic rings. The van der Waals surface area contributed by atoms with Crippen LogP contribution in [0.5, 0.6) is 0 Å². The van der Waals surface area contributed by atoms with Gasteiger partial charge < -0.3 is 5.11 Å². The van der Waals surface area contributed by atoms with E-state index in [0.29, 0.717) is 18.4 Å². The number of carbonyl (C=O) groups is 1. The van der Waals surface area contributed by atoms with E-state index in [9.17, 15) is 9.90 Å². The first kappa shape index (κ1) is 11.5. The molecule has 1 saturated heterocycles. The molecule has 0 radical (unpaired) electrons. The Morgan fingerprint density at radius 3 is 2.88 bits per heavy atom. The molecule has 2 fully saturated rings. The number of fused-ring (bicyclic) bond motifs is 1. The highest BCUT2D eigenvalue weighted by atomic mass is 16.4. The second kappa shape index (κ2) is 4.88. The molecule has 3 unspecified atom stereocenters. The van der Waals surface area contributed by atoms with Crippen LogP contribution in [0.4, 0.5) is 0 Å². The first-order chi connectivity index (χ1) is 7.74. The van der Waals surface area contributed by atoms with Crippen LogP contribution in [0.2, 0.25) is 0 Å². The second-order valence-corrected chi connectivity index (χ2v) is 4.89. The van der Waals surface area contributed by atoms with Gasteiger partial charge in [0.05, 0.1) is 0 Å². The van der Waals surface area contributed by atoms with Crippen LogP contribution < -0.4 is 0 Å². The van der Waals surface area contributed by atoms with Crippen LogP contribution in [0.3, 0.4) is 0 Å². The minimum Gasteiger partial charge on any atom is -0.480 e. The summed E-state index contributed by atoms with van der Waals surface area (Å²) < 4.78 is 0. The highest BCUT2D eigenvalue weighted by Crippen LogP contribution is 2.39. The number of hydrogen-bond acceptors (Lipinski definition) is 2. The molecule has 88 valence electrons. The summed E-state index contributed by atoms with van der Waals surface area (Å²) in [5.41, 5.74) is 0. The van der Waals surface area contributed by atoms with Gasteiger partial charge in [-0.25, -0.2) is 0 Å². The molecule has 0 aromatic heterocycles. The topological polar surface area (TPSA) is 40.5 Å². The smallest absolute Gasteiger partial charge is 0.320 e. The molecule has 0 bridgehead atoms. The van der Waals surface area contributed by atoms with Gasteiger partial charge in [-0.15, -0.1) is 12.3 Å². The van der Waals surface area contributed by atoms with Gasteiger partial charge in [0.25, 0.3) is 0 Å². The van der Waals surface area contributed by atoms with E-state index in [0.717, 1.165) is 19.4 Å². The van der Waals surface area contributed by atoms with Gasteiger partial charge in [-0.2, -0.15) is 0 Å². The van der Waals surface area contributed by atoms with Gasteiger partial charge >= 0.3 is 5.97 Å². The summed E-state index contributed by atoms with van der Waals surface area (Å²) in [6.45, 7) is 0.745. The third kappa shape index (κ3) is 2.08. The van der Waals surface area contributed by atoms with E-state index < -0.39 is 5.97 Å². The zero-order chi connectivity index (χ0) is 11.5. The van der Waals surface area contributed by atoms with Gasteiger partial charge in [0.2, 0.25) is 0 Å². The molecule has 1 N–H and O–H groups in total. The van der Waals surface area contributed by atoms with E-state index in [1.54, 1.807) is 0 Å². The van der Waals surface area contributed by atoms with Crippen molar-refractivity contribution in [2.24, 2.45) is 5.92 Å². The van der Waals surface area contributed by atoms with Crippen LogP contribution in [0, 0.1) is 18.3 Å². The van der Waals surface area contributed by atoms with E-state index >= 15 is 0 Å². The van der Waals surface area contributed by atoms with Gasteiger partial charge in [-0.1, -0.05) is 12.8 Å². The molecule has 3 nitrogen and oxygen atoms in total. The molecule has 0 spiro atoms. The molecule has 2 rings (SSSR count). The zero-order valence-corrected chi connectivity index (χ0v) is 9.56. The van der Waals surface area contributed by atoms with E-state index in [2.05, 4.69) is 10.8 Å². The van der Waals surface area contributed by atoms with Crippen molar-refractivity contribution in [2.75, 3.05) is 6.54 Å². The Morgan fingerprint density at radius 1 is 1.44 bits per heavy atom. The van der Waals surface area contributed by atoms with Gasteiger partial charge in [0.1, 0.15) is 6.04 Å². The summed E-state index contributed by atoms with van der Waals surface area (Å²) in [5.74, 6) is 2.53. The largest absolute Gasteiger partial charge is 0.480 e.